The maximum Gasteiger partial charge on any atom is 0.252 e. The molecule has 0 fully saturated rings. The van der Waals surface area contributed by atoms with E-state index in [1.165, 1.54) is 0 Å². The average molecular weight is 274 g/mol. The van der Waals surface area contributed by atoms with Gasteiger partial charge in [-0.05, 0) is 18.4 Å². The lowest BCUT2D eigenvalue weighted by molar-refractivity contribution is 0.641. The van der Waals surface area contributed by atoms with Gasteiger partial charge >= 0.3 is 0 Å². The van der Waals surface area contributed by atoms with E-state index in [2.05, 4.69) is 33.9 Å². The molecule has 0 amide bonds. The third kappa shape index (κ3) is 3.19. The summed E-state index contributed by atoms with van der Waals surface area (Å²) in [5.41, 5.74) is 6.99. The molecule has 0 aliphatic rings. The first kappa shape index (κ1) is 14.6. The van der Waals surface area contributed by atoms with E-state index in [4.69, 9.17) is 5.73 Å². The molecule has 0 aliphatic carbocycles. The van der Waals surface area contributed by atoms with Crippen LogP contribution in [-0.2, 0) is 19.3 Å². The van der Waals surface area contributed by atoms with Crippen molar-refractivity contribution in [1.29, 1.82) is 0 Å². The molecule has 1 unspecified atom stereocenters. The Morgan fingerprint density at radius 2 is 1.85 bits per heavy atom. The minimum absolute atomic E-state index is 0.161. The number of nitrogens with two attached hydrogens (primary N) is 1. The summed E-state index contributed by atoms with van der Waals surface area (Å²) in [7, 11) is 0. The van der Waals surface area contributed by atoms with Crippen molar-refractivity contribution in [3.8, 4) is 5.95 Å². The fraction of sp³-hybridized carbons (Fsp3) is 0.571. The van der Waals surface area contributed by atoms with Gasteiger partial charge in [-0.2, -0.15) is 4.68 Å². The molecule has 0 aromatic carbocycles. The molecular weight excluding hydrogens is 252 g/mol. The minimum Gasteiger partial charge on any atom is -0.327 e. The molecule has 1 atom stereocenters. The summed E-state index contributed by atoms with van der Waals surface area (Å²) in [6, 6.07) is 0.161. The highest BCUT2D eigenvalue weighted by molar-refractivity contribution is 5.16. The van der Waals surface area contributed by atoms with Crippen LogP contribution in [0.2, 0.25) is 0 Å². The number of aromatic nitrogens is 5. The maximum atomic E-state index is 5.94. The van der Waals surface area contributed by atoms with Crippen molar-refractivity contribution in [3.63, 3.8) is 0 Å². The fourth-order valence-electron chi connectivity index (χ4n) is 1.94. The van der Waals surface area contributed by atoms with Crippen molar-refractivity contribution in [2.75, 3.05) is 0 Å². The van der Waals surface area contributed by atoms with Crippen molar-refractivity contribution < 1.29 is 0 Å². The van der Waals surface area contributed by atoms with E-state index in [0.717, 1.165) is 42.9 Å². The van der Waals surface area contributed by atoms with Gasteiger partial charge in [0.2, 0.25) is 0 Å². The Bertz CT molecular complexity index is 545. The Morgan fingerprint density at radius 3 is 2.40 bits per heavy atom. The van der Waals surface area contributed by atoms with E-state index in [1.807, 2.05) is 19.3 Å². The summed E-state index contributed by atoms with van der Waals surface area (Å²) < 4.78 is 1.72. The molecule has 0 bridgehead atoms. The van der Waals surface area contributed by atoms with Crippen molar-refractivity contribution >= 4 is 0 Å². The second-order valence-corrected chi connectivity index (χ2v) is 4.83. The fourth-order valence-corrected chi connectivity index (χ4v) is 1.94. The summed E-state index contributed by atoms with van der Waals surface area (Å²) in [5, 5.41) is 4.43. The van der Waals surface area contributed by atoms with Crippen molar-refractivity contribution in [1.82, 2.24) is 24.7 Å². The predicted octanol–water partition coefficient (Wildman–Crippen LogP) is 1.46. The largest absolute Gasteiger partial charge is 0.327 e. The zero-order valence-electron chi connectivity index (χ0n) is 12.4. The Labute approximate surface area is 119 Å². The number of rotatable bonds is 6. The molecule has 0 radical (unpaired) electrons. The van der Waals surface area contributed by atoms with Gasteiger partial charge in [0.15, 0.2) is 5.82 Å². The normalized spacial score (nSPS) is 12.6. The SMILES string of the molecule is CCc1nc(CC)n(-c2ncc(CC(N)CC)cn2)n1. The Kier molecular flexibility index (Phi) is 4.79. The molecule has 6 nitrogen and oxygen atoms in total. The van der Waals surface area contributed by atoms with Gasteiger partial charge in [-0.15, -0.1) is 5.10 Å². The quantitative estimate of drug-likeness (QED) is 0.862. The molecule has 2 rings (SSSR count). The third-order valence-electron chi connectivity index (χ3n) is 3.25. The molecule has 2 N–H and O–H groups in total. The lowest BCUT2D eigenvalue weighted by Gasteiger charge is -2.08. The van der Waals surface area contributed by atoms with Crippen LogP contribution in [0.1, 0.15) is 44.4 Å². The van der Waals surface area contributed by atoms with Crippen LogP contribution in [0.5, 0.6) is 0 Å². The van der Waals surface area contributed by atoms with Crippen LogP contribution in [0.4, 0.5) is 0 Å². The zero-order valence-corrected chi connectivity index (χ0v) is 12.4. The van der Waals surface area contributed by atoms with E-state index in [0.29, 0.717) is 5.95 Å². The van der Waals surface area contributed by atoms with Crippen LogP contribution >= 0.6 is 0 Å². The Balaban J connectivity index is 2.23. The van der Waals surface area contributed by atoms with Crippen LogP contribution in [0.3, 0.4) is 0 Å². The molecule has 108 valence electrons. The molecule has 0 saturated heterocycles. The minimum atomic E-state index is 0.161. The van der Waals surface area contributed by atoms with E-state index < -0.39 is 0 Å². The van der Waals surface area contributed by atoms with E-state index in [1.54, 1.807) is 4.68 Å². The lowest BCUT2D eigenvalue weighted by atomic mass is 10.1. The van der Waals surface area contributed by atoms with E-state index >= 15 is 0 Å². The van der Waals surface area contributed by atoms with Crippen LogP contribution in [0.25, 0.3) is 5.95 Å². The van der Waals surface area contributed by atoms with Gasteiger partial charge in [0.05, 0.1) is 0 Å². The van der Waals surface area contributed by atoms with Gasteiger partial charge in [0.1, 0.15) is 5.82 Å². The number of hydrogen-bond donors (Lipinski definition) is 1. The van der Waals surface area contributed by atoms with Gasteiger partial charge in [-0.3, -0.25) is 0 Å². The standard InChI is InChI=1S/C14H22N6/c1-4-11(15)7-10-8-16-14(17-9-10)20-13(6-3)18-12(5-2)19-20/h8-9,11H,4-7,15H2,1-3H3. The summed E-state index contributed by atoms with van der Waals surface area (Å²) in [5.74, 6) is 2.28. The first-order chi connectivity index (χ1) is 9.67. The highest BCUT2D eigenvalue weighted by atomic mass is 15.4. The number of nitrogens with zero attached hydrogens (tertiary/aromatic N) is 5. The van der Waals surface area contributed by atoms with Gasteiger partial charge < -0.3 is 5.73 Å². The summed E-state index contributed by atoms with van der Waals surface area (Å²) >= 11 is 0. The topological polar surface area (TPSA) is 82.5 Å². The Morgan fingerprint density at radius 1 is 1.15 bits per heavy atom. The molecule has 20 heavy (non-hydrogen) atoms. The smallest absolute Gasteiger partial charge is 0.252 e. The van der Waals surface area contributed by atoms with Crippen LogP contribution in [0.15, 0.2) is 12.4 Å². The highest BCUT2D eigenvalue weighted by Gasteiger charge is 2.11. The van der Waals surface area contributed by atoms with Gasteiger partial charge in [0, 0.05) is 31.3 Å². The lowest BCUT2D eigenvalue weighted by Crippen LogP contribution is -2.21. The zero-order chi connectivity index (χ0) is 14.5. The second-order valence-electron chi connectivity index (χ2n) is 4.83. The average Bonchev–Trinajstić information content (AvgIpc) is 2.91. The predicted molar refractivity (Wildman–Crippen MR) is 77.7 cm³/mol. The monoisotopic (exact) mass is 274 g/mol. The van der Waals surface area contributed by atoms with Crippen molar-refractivity contribution in [2.24, 2.45) is 5.73 Å². The molecule has 2 aromatic rings. The van der Waals surface area contributed by atoms with E-state index in [9.17, 15) is 0 Å². The van der Waals surface area contributed by atoms with Gasteiger partial charge in [-0.1, -0.05) is 20.8 Å². The van der Waals surface area contributed by atoms with Crippen LogP contribution in [-0.4, -0.2) is 30.8 Å². The summed E-state index contributed by atoms with van der Waals surface area (Å²) in [4.78, 5) is 13.2. The highest BCUT2D eigenvalue weighted by Crippen LogP contribution is 2.08. The summed E-state index contributed by atoms with van der Waals surface area (Å²) in [6.07, 6.45) is 7.01. The van der Waals surface area contributed by atoms with Gasteiger partial charge in [-0.25, -0.2) is 15.0 Å². The second kappa shape index (κ2) is 6.56. The maximum absolute atomic E-state index is 5.94. The number of aryl methyl sites for hydroxylation is 2. The van der Waals surface area contributed by atoms with Crippen LogP contribution in [0, 0.1) is 0 Å². The summed E-state index contributed by atoms with van der Waals surface area (Å²) in [6.45, 7) is 6.17. The van der Waals surface area contributed by atoms with Crippen molar-refractivity contribution in [2.45, 2.75) is 52.5 Å². The van der Waals surface area contributed by atoms with Crippen molar-refractivity contribution in [3.05, 3.63) is 29.6 Å². The van der Waals surface area contributed by atoms with Crippen LogP contribution < -0.4 is 5.73 Å². The number of hydrogen-bond acceptors (Lipinski definition) is 5. The first-order valence-electron chi connectivity index (χ1n) is 7.19. The molecule has 0 spiro atoms. The van der Waals surface area contributed by atoms with Gasteiger partial charge in [0.25, 0.3) is 5.95 Å². The molecule has 0 aliphatic heterocycles. The Hall–Kier alpha value is -1.82. The molecule has 6 heteroatoms. The van der Waals surface area contributed by atoms with E-state index in [-0.39, 0.29) is 6.04 Å². The molecule has 2 aromatic heterocycles. The first-order valence-corrected chi connectivity index (χ1v) is 7.19. The molecular formula is C14H22N6. The molecule has 2 heterocycles. The molecule has 0 saturated carbocycles. The third-order valence-corrected chi connectivity index (χ3v) is 3.25.